The maximum atomic E-state index is 11.4. The van der Waals surface area contributed by atoms with E-state index in [-0.39, 0.29) is 24.9 Å². The van der Waals surface area contributed by atoms with Crippen LogP contribution in [0.1, 0.15) is 6.42 Å². The fourth-order valence-electron chi connectivity index (χ4n) is 1.67. The van der Waals surface area contributed by atoms with E-state index in [0.717, 1.165) is 13.0 Å². The quantitative estimate of drug-likeness (QED) is 0.727. The van der Waals surface area contributed by atoms with E-state index >= 15 is 0 Å². The molecule has 0 radical (unpaired) electrons. The van der Waals surface area contributed by atoms with Crippen molar-refractivity contribution in [2.24, 2.45) is 0 Å². The molecule has 0 atom stereocenters. The van der Waals surface area contributed by atoms with Gasteiger partial charge in [-0.15, -0.1) is 0 Å². The van der Waals surface area contributed by atoms with Crippen molar-refractivity contribution in [1.29, 1.82) is 0 Å². The zero-order valence-corrected chi connectivity index (χ0v) is 8.93. The van der Waals surface area contributed by atoms with Crippen molar-refractivity contribution in [2.45, 2.75) is 13.0 Å². The zero-order valence-electron chi connectivity index (χ0n) is 8.93. The highest BCUT2D eigenvalue weighted by Crippen LogP contribution is 1.99. The normalized spacial score (nSPS) is 16.4. The summed E-state index contributed by atoms with van der Waals surface area (Å²) >= 11 is 0. The second-order valence-corrected chi connectivity index (χ2v) is 3.75. The van der Waals surface area contributed by atoms with E-state index in [9.17, 15) is 9.59 Å². The van der Waals surface area contributed by atoms with Crippen molar-refractivity contribution in [2.75, 3.05) is 19.6 Å². The minimum Gasteiger partial charge on any atom is -0.345 e. The van der Waals surface area contributed by atoms with Gasteiger partial charge in [0.1, 0.15) is 0 Å². The Hall–Kier alpha value is -1.85. The molecule has 0 bridgehead atoms. The monoisotopic (exact) mass is 222 g/mol. The first-order valence-corrected chi connectivity index (χ1v) is 5.26. The third kappa shape index (κ3) is 2.59. The number of hydrogen-bond acceptors (Lipinski definition) is 3. The van der Waals surface area contributed by atoms with Crippen LogP contribution >= 0.6 is 0 Å². The van der Waals surface area contributed by atoms with E-state index in [1.54, 1.807) is 17.4 Å². The number of rotatable bonds is 4. The molecule has 2 amide bonds. The van der Waals surface area contributed by atoms with Crippen molar-refractivity contribution < 1.29 is 9.59 Å². The summed E-state index contributed by atoms with van der Waals surface area (Å²) in [6.45, 7) is 1.74. The Labute approximate surface area is 93.3 Å². The second kappa shape index (κ2) is 4.78. The molecule has 1 fully saturated rings. The molecule has 0 aliphatic carbocycles. The average molecular weight is 222 g/mol. The smallest absolute Gasteiger partial charge is 0.242 e. The Bertz CT molecular complexity index is 374. The number of nitrogens with zero attached hydrogens (tertiary/aromatic N) is 3. The average Bonchev–Trinajstić information content (AvgIpc) is 2.76. The summed E-state index contributed by atoms with van der Waals surface area (Å²) in [5, 5.41) is 2.52. The minimum absolute atomic E-state index is 0.00905. The van der Waals surface area contributed by atoms with Gasteiger partial charge in [0.15, 0.2) is 0 Å². The first-order chi connectivity index (χ1) is 7.75. The van der Waals surface area contributed by atoms with Crippen molar-refractivity contribution in [3.05, 3.63) is 18.7 Å². The Balaban J connectivity index is 1.76. The molecule has 1 aliphatic heterocycles. The van der Waals surface area contributed by atoms with Crippen molar-refractivity contribution in [3.63, 3.8) is 0 Å². The molecule has 16 heavy (non-hydrogen) atoms. The van der Waals surface area contributed by atoms with E-state index < -0.39 is 0 Å². The maximum absolute atomic E-state index is 11.4. The number of aromatic nitrogens is 2. The molecule has 6 nitrogen and oxygen atoms in total. The molecule has 1 N–H and O–H groups in total. The number of aryl methyl sites for hydroxylation is 1. The molecule has 6 heteroatoms. The van der Waals surface area contributed by atoms with Gasteiger partial charge < -0.3 is 14.8 Å². The van der Waals surface area contributed by atoms with Crippen LogP contribution in [0, 0.1) is 0 Å². The molecule has 0 spiro atoms. The van der Waals surface area contributed by atoms with Crippen LogP contribution < -0.4 is 5.32 Å². The predicted octanol–water partition coefficient (Wildman–Crippen LogP) is -0.768. The van der Waals surface area contributed by atoms with E-state index in [1.807, 2.05) is 10.8 Å². The molecule has 0 aromatic carbocycles. The lowest BCUT2D eigenvalue weighted by Crippen LogP contribution is -2.51. The second-order valence-electron chi connectivity index (χ2n) is 3.75. The zero-order chi connectivity index (χ0) is 11.4. The summed E-state index contributed by atoms with van der Waals surface area (Å²) < 4.78 is 1.95. The summed E-state index contributed by atoms with van der Waals surface area (Å²) in [4.78, 5) is 28.0. The number of imidazole rings is 1. The van der Waals surface area contributed by atoms with Gasteiger partial charge in [-0.3, -0.25) is 9.59 Å². The number of hydrogen-bond donors (Lipinski definition) is 1. The van der Waals surface area contributed by atoms with Crippen LogP contribution in [0.25, 0.3) is 0 Å². The molecular weight excluding hydrogens is 208 g/mol. The minimum atomic E-state index is -0.0813. The van der Waals surface area contributed by atoms with Crippen LogP contribution in [0.2, 0.25) is 0 Å². The van der Waals surface area contributed by atoms with Gasteiger partial charge >= 0.3 is 0 Å². The van der Waals surface area contributed by atoms with Gasteiger partial charge in [-0.25, -0.2) is 4.98 Å². The lowest BCUT2D eigenvalue weighted by molar-refractivity contribution is -0.140. The topological polar surface area (TPSA) is 67.2 Å². The Morgan fingerprint density at radius 2 is 2.25 bits per heavy atom. The Morgan fingerprint density at radius 1 is 1.38 bits per heavy atom. The van der Waals surface area contributed by atoms with E-state index in [1.165, 1.54) is 0 Å². The summed E-state index contributed by atoms with van der Waals surface area (Å²) in [6, 6.07) is 0. The Morgan fingerprint density at radius 3 is 3.00 bits per heavy atom. The van der Waals surface area contributed by atoms with Crippen LogP contribution in [0.5, 0.6) is 0 Å². The lowest BCUT2D eigenvalue weighted by atomic mass is 10.3. The molecule has 1 aliphatic rings. The van der Waals surface area contributed by atoms with Crippen molar-refractivity contribution in [1.82, 2.24) is 19.8 Å². The van der Waals surface area contributed by atoms with Gasteiger partial charge in [-0.05, 0) is 6.42 Å². The number of amides is 2. The van der Waals surface area contributed by atoms with E-state index in [2.05, 4.69) is 10.3 Å². The van der Waals surface area contributed by atoms with Crippen LogP contribution in [0.15, 0.2) is 18.7 Å². The van der Waals surface area contributed by atoms with Crippen LogP contribution in [0.4, 0.5) is 0 Å². The number of piperazine rings is 1. The predicted molar refractivity (Wildman–Crippen MR) is 56.4 cm³/mol. The molecule has 1 aromatic rings. The summed E-state index contributed by atoms with van der Waals surface area (Å²) in [5.74, 6) is -0.0903. The first kappa shape index (κ1) is 10.7. The highest BCUT2D eigenvalue weighted by molar-refractivity contribution is 5.92. The molecule has 0 unspecified atom stereocenters. The third-order valence-corrected chi connectivity index (χ3v) is 2.53. The summed E-state index contributed by atoms with van der Waals surface area (Å²) in [6.07, 6.45) is 6.17. The van der Waals surface area contributed by atoms with Gasteiger partial charge in [-0.2, -0.15) is 0 Å². The van der Waals surface area contributed by atoms with Gasteiger partial charge in [0.2, 0.25) is 11.8 Å². The molecule has 0 saturated carbocycles. The van der Waals surface area contributed by atoms with Gasteiger partial charge in [0, 0.05) is 25.5 Å². The number of carbonyl (C=O) groups excluding carboxylic acids is 2. The standard InChI is InChI=1S/C10H14N4O2/c15-9-7-14(10(16)6-12-9)4-1-3-13-5-2-11-8-13/h2,5,8H,1,3-4,6-7H2,(H,12,15). The first-order valence-electron chi connectivity index (χ1n) is 5.26. The van der Waals surface area contributed by atoms with Gasteiger partial charge in [0.25, 0.3) is 0 Å². The van der Waals surface area contributed by atoms with Gasteiger partial charge in [0.05, 0.1) is 19.4 Å². The molecule has 1 aromatic heterocycles. The molecular formula is C10H14N4O2. The van der Waals surface area contributed by atoms with E-state index in [4.69, 9.17) is 0 Å². The largest absolute Gasteiger partial charge is 0.345 e. The Kier molecular flexibility index (Phi) is 3.19. The fourth-order valence-corrected chi connectivity index (χ4v) is 1.67. The third-order valence-electron chi connectivity index (χ3n) is 2.53. The lowest BCUT2D eigenvalue weighted by Gasteiger charge is -2.26. The number of carbonyl (C=O) groups is 2. The summed E-state index contributed by atoms with van der Waals surface area (Å²) in [5.41, 5.74) is 0. The molecule has 86 valence electrons. The van der Waals surface area contributed by atoms with Crippen LogP contribution in [0.3, 0.4) is 0 Å². The van der Waals surface area contributed by atoms with Crippen molar-refractivity contribution in [3.8, 4) is 0 Å². The maximum Gasteiger partial charge on any atom is 0.242 e. The van der Waals surface area contributed by atoms with Crippen LogP contribution in [-0.2, 0) is 16.1 Å². The molecule has 2 heterocycles. The summed E-state index contributed by atoms with van der Waals surface area (Å²) in [7, 11) is 0. The van der Waals surface area contributed by atoms with Gasteiger partial charge in [-0.1, -0.05) is 0 Å². The highest BCUT2D eigenvalue weighted by atomic mass is 16.2. The molecule has 2 rings (SSSR count). The highest BCUT2D eigenvalue weighted by Gasteiger charge is 2.21. The fraction of sp³-hybridized carbons (Fsp3) is 0.500. The number of nitrogens with one attached hydrogen (secondary N) is 1. The van der Waals surface area contributed by atoms with Crippen LogP contribution in [-0.4, -0.2) is 45.9 Å². The van der Waals surface area contributed by atoms with E-state index in [0.29, 0.717) is 6.54 Å². The molecule has 1 saturated heterocycles. The van der Waals surface area contributed by atoms with Crippen molar-refractivity contribution >= 4 is 11.8 Å². The SMILES string of the molecule is O=C1CN(CCCn2ccnc2)C(=O)CN1.